The summed E-state index contributed by atoms with van der Waals surface area (Å²) < 4.78 is 20.0. The van der Waals surface area contributed by atoms with Crippen LogP contribution in [0.3, 0.4) is 0 Å². The third kappa shape index (κ3) is 4.67. The molecule has 7 nitrogen and oxygen atoms in total. The van der Waals surface area contributed by atoms with Crippen molar-refractivity contribution in [1.82, 2.24) is 15.0 Å². The number of amides is 1. The van der Waals surface area contributed by atoms with Crippen LogP contribution in [0.15, 0.2) is 65.4 Å². The van der Waals surface area contributed by atoms with Crippen LogP contribution in [0.1, 0.15) is 23.7 Å². The summed E-state index contributed by atoms with van der Waals surface area (Å²) in [4.78, 5) is 36.9. The molecule has 0 saturated heterocycles. The predicted octanol–water partition coefficient (Wildman–Crippen LogP) is 5.10. The molecule has 0 aliphatic rings. The van der Waals surface area contributed by atoms with Gasteiger partial charge in [0.25, 0.3) is 5.91 Å². The van der Waals surface area contributed by atoms with Gasteiger partial charge in [-0.2, -0.15) is 0 Å². The summed E-state index contributed by atoms with van der Waals surface area (Å²) >= 11 is 3.16. The molecule has 2 aromatic carbocycles. The van der Waals surface area contributed by atoms with Crippen LogP contribution in [-0.2, 0) is 9.53 Å². The zero-order valence-corrected chi connectivity index (χ0v) is 18.5. The number of pyridine rings is 1. The third-order valence-corrected chi connectivity index (χ3v) is 5.25. The van der Waals surface area contributed by atoms with Gasteiger partial charge in [-0.25, -0.2) is 14.2 Å². The molecule has 1 atom stereocenters. The van der Waals surface area contributed by atoms with Crippen molar-refractivity contribution in [2.24, 2.45) is 0 Å². The first kappa shape index (κ1) is 21.6. The molecule has 1 amide bonds. The van der Waals surface area contributed by atoms with Crippen LogP contribution in [0, 0.1) is 5.82 Å². The van der Waals surface area contributed by atoms with Crippen molar-refractivity contribution in [3.8, 4) is 11.4 Å². The number of nitrogens with zero attached hydrogens (tertiary/aromatic N) is 2. The van der Waals surface area contributed by atoms with Crippen LogP contribution in [0.25, 0.3) is 22.4 Å². The molecule has 2 heterocycles. The second-order valence-electron chi connectivity index (χ2n) is 6.97. The highest BCUT2D eigenvalue weighted by Crippen LogP contribution is 2.22. The fourth-order valence-electron chi connectivity index (χ4n) is 3.10. The summed E-state index contributed by atoms with van der Waals surface area (Å²) in [6.07, 6.45) is 2.51. The van der Waals surface area contributed by atoms with Gasteiger partial charge in [0.1, 0.15) is 11.6 Å². The van der Waals surface area contributed by atoms with Crippen LogP contribution in [0.5, 0.6) is 0 Å². The van der Waals surface area contributed by atoms with E-state index in [-0.39, 0.29) is 17.7 Å². The van der Waals surface area contributed by atoms with Crippen molar-refractivity contribution in [2.45, 2.75) is 19.4 Å². The molecular weight excluding hydrogens is 479 g/mol. The SMILES string of the molecule is CCC(OC(=O)c1ccc2nc(-c3cccnc3)[nH]c2c1)C(=O)Nc1ccc(Br)cc1F. The maximum atomic E-state index is 14.0. The highest BCUT2D eigenvalue weighted by Gasteiger charge is 2.23. The van der Waals surface area contributed by atoms with E-state index in [0.717, 1.165) is 5.56 Å². The molecule has 0 aliphatic heterocycles. The smallest absolute Gasteiger partial charge is 0.338 e. The number of aromatic nitrogens is 3. The Balaban J connectivity index is 1.49. The van der Waals surface area contributed by atoms with Gasteiger partial charge in [-0.05, 0) is 55.0 Å². The third-order valence-electron chi connectivity index (χ3n) is 4.75. The number of imidazole rings is 1. The number of ether oxygens (including phenoxy) is 1. The summed E-state index contributed by atoms with van der Waals surface area (Å²) in [5.41, 5.74) is 2.41. The minimum atomic E-state index is -1.08. The van der Waals surface area contributed by atoms with E-state index < -0.39 is 23.8 Å². The Bertz CT molecular complexity index is 1290. The molecule has 1 unspecified atom stereocenters. The van der Waals surface area contributed by atoms with Gasteiger partial charge < -0.3 is 15.0 Å². The molecule has 0 saturated carbocycles. The summed E-state index contributed by atoms with van der Waals surface area (Å²) in [5.74, 6) is -1.24. The number of aromatic amines is 1. The van der Waals surface area contributed by atoms with Crippen LogP contribution < -0.4 is 5.32 Å². The van der Waals surface area contributed by atoms with Gasteiger partial charge >= 0.3 is 5.97 Å². The van der Waals surface area contributed by atoms with Crippen molar-refractivity contribution < 1.29 is 18.7 Å². The first-order valence-corrected chi connectivity index (χ1v) is 10.6. The van der Waals surface area contributed by atoms with Crippen LogP contribution >= 0.6 is 15.9 Å². The number of fused-ring (bicyclic) bond motifs is 1. The second kappa shape index (κ2) is 9.27. The molecule has 0 radical (unpaired) electrons. The molecule has 2 aromatic heterocycles. The summed E-state index contributed by atoms with van der Waals surface area (Å²) in [6.45, 7) is 1.70. The van der Waals surface area contributed by atoms with Gasteiger partial charge in [-0.15, -0.1) is 0 Å². The normalized spacial score (nSPS) is 11.8. The lowest BCUT2D eigenvalue weighted by atomic mass is 10.2. The maximum Gasteiger partial charge on any atom is 0.338 e. The quantitative estimate of drug-likeness (QED) is 0.362. The summed E-state index contributed by atoms with van der Waals surface area (Å²) in [6, 6.07) is 12.8. The number of H-pyrrole nitrogens is 1. The van der Waals surface area contributed by atoms with E-state index >= 15 is 0 Å². The number of anilines is 1. The molecular formula is C23H18BrFN4O3. The van der Waals surface area contributed by atoms with Gasteiger partial charge in [0.2, 0.25) is 0 Å². The Kier molecular flexibility index (Phi) is 6.27. The van der Waals surface area contributed by atoms with E-state index in [1.807, 2.05) is 6.07 Å². The van der Waals surface area contributed by atoms with E-state index in [9.17, 15) is 14.0 Å². The Labute approximate surface area is 191 Å². The zero-order valence-electron chi connectivity index (χ0n) is 16.9. The van der Waals surface area contributed by atoms with Gasteiger partial charge in [0.05, 0.1) is 22.3 Å². The molecule has 9 heteroatoms. The number of halogens is 2. The fourth-order valence-corrected chi connectivity index (χ4v) is 3.43. The number of carbonyl (C=O) groups is 2. The molecule has 4 aromatic rings. The molecule has 162 valence electrons. The number of rotatable bonds is 6. The molecule has 0 bridgehead atoms. The summed E-state index contributed by atoms with van der Waals surface area (Å²) in [5, 5.41) is 2.46. The number of carbonyl (C=O) groups excluding carboxylic acids is 2. The lowest BCUT2D eigenvalue weighted by Crippen LogP contribution is -2.32. The average molecular weight is 497 g/mol. The van der Waals surface area contributed by atoms with E-state index in [1.165, 1.54) is 12.1 Å². The number of hydrogen-bond acceptors (Lipinski definition) is 5. The van der Waals surface area contributed by atoms with E-state index in [2.05, 4.69) is 36.2 Å². The van der Waals surface area contributed by atoms with Gasteiger partial charge in [0, 0.05) is 22.4 Å². The lowest BCUT2D eigenvalue weighted by molar-refractivity contribution is -0.124. The summed E-state index contributed by atoms with van der Waals surface area (Å²) in [7, 11) is 0. The Morgan fingerprint density at radius 2 is 2.06 bits per heavy atom. The topological polar surface area (TPSA) is 97.0 Å². The standard InChI is InChI=1S/C23H18BrFN4O3/c1-2-20(22(30)29-17-8-6-15(24)11-16(17)25)32-23(31)13-5-7-18-19(10-13)28-21(27-18)14-4-3-9-26-12-14/h3-12,20H,2H2,1H3,(H,27,28)(H,29,30). The van der Waals surface area contributed by atoms with Gasteiger partial charge in [0.15, 0.2) is 6.10 Å². The number of esters is 1. The number of nitrogens with one attached hydrogen (secondary N) is 2. The molecule has 0 spiro atoms. The Morgan fingerprint density at radius 3 is 2.78 bits per heavy atom. The van der Waals surface area contributed by atoms with E-state index in [4.69, 9.17) is 4.74 Å². The minimum absolute atomic E-state index is 0.00881. The fraction of sp³-hybridized carbons (Fsp3) is 0.130. The monoisotopic (exact) mass is 496 g/mol. The maximum absolute atomic E-state index is 14.0. The van der Waals surface area contributed by atoms with Crippen LogP contribution in [-0.4, -0.2) is 32.9 Å². The Morgan fingerprint density at radius 1 is 1.22 bits per heavy atom. The average Bonchev–Trinajstić information content (AvgIpc) is 3.23. The minimum Gasteiger partial charge on any atom is -0.449 e. The second-order valence-corrected chi connectivity index (χ2v) is 7.89. The van der Waals surface area contributed by atoms with Crippen molar-refractivity contribution in [2.75, 3.05) is 5.32 Å². The van der Waals surface area contributed by atoms with Gasteiger partial charge in [-0.3, -0.25) is 9.78 Å². The molecule has 32 heavy (non-hydrogen) atoms. The number of hydrogen-bond donors (Lipinski definition) is 2. The van der Waals surface area contributed by atoms with E-state index in [0.29, 0.717) is 21.3 Å². The van der Waals surface area contributed by atoms with Crippen LogP contribution in [0.4, 0.5) is 10.1 Å². The highest BCUT2D eigenvalue weighted by molar-refractivity contribution is 9.10. The molecule has 2 N–H and O–H groups in total. The highest BCUT2D eigenvalue weighted by atomic mass is 79.9. The van der Waals surface area contributed by atoms with Gasteiger partial charge in [-0.1, -0.05) is 22.9 Å². The largest absolute Gasteiger partial charge is 0.449 e. The zero-order chi connectivity index (χ0) is 22.7. The lowest BCUT2D eigenvalue weighted by Gasteiger charge is -2.16. The number of benzene rings is 2. The van der Waals surface area contributed by atoms with Crippen LogP contribution in [0.2, 0.25) is 0 Å². The van der Waals surface area contributed by atoms with E-state index in [1.54, 1.807) is 49.6 Å². The van der Waals surface area contributed by atoms with Crippen molar-refractivity contribution in [3.05, 3.63) is 76.8 Å². The van der Waals surface area contributed by atoms with Crippen molar-refractivity contribution >= 4 is 44.5 Å². The molecule has 0 aliphatic carbocycles. The van der Waals surface area contributed by atoms with Crippen molar-refractivity contribution in [3.63, 3.8) is 0 Å². The Hall–Kier alpha value is -3.59. The first-order chi connectivity index (χ1) is 15.4. The predicted molar refractivity (Wildman–Crippen MR) is 122 cm³/mol. The van der Waals surface area contributed by atoms with Crippen molar-refractivity contribution in [1.29, 1.82) is 0 Å². The molecule has 4 rings (SSSR count). The molecule has 0 fully saturated rings. The first-order valence-electron chi connectivity index (χ1n) is 9.81.